The van der Waals surface area contributed by atoms with E-state index in [-0.39, 0.29) is 47.5 Å². The Balaban J connectivity index is 1.97. The normalized spacial score (nSPS) is 29.2. The topological polar surface area (TPSA) is 194 Å². The number of hydrogen-bond acceptors (Lipinski definition) is 8. The highest BCUT2D eigenvalue weighted by Crippen LogP contribution is 2.39. The lowest BCUT2D eigenvalue weighted by Gasteiger charge is -2.37. The van der Waals surface area contributed by atoms with E-state index in [1.54, 1.807) is 0 Å². The van der Waals surface area contributed by atoms with Gasteiger partial charge in [-0.2, -0.15) is 20.2 Å². The summed E-state index contributed by atoms with van der Waals surface area (Å²) in [6, 6.07) is -0.943. The van der Waals surface area contributed by atoms with E-state index in [9.17, 15) is 37.3 Å². The highest BCUT2D eigenvalue weighted by atomic mass is 32.2. The number of thioether (sulfide) groups is 1. The lowest BCUT2D eigenvalue weighted by molar-refractivity contribution is -0.141. The number of hydrogen-bond donors (Lipinski definition) is 5. The van der Waals surface area contributed by atoms with Gasteiger partial charge in [0.2, 0.25) is 16.7 Å². The predicted octanol–water partition coefficient (Wildman–Crippen LogP) is -1.23. The third-order valence-electron chi connectivity index (χ3n) is 5.15. The maximum Gasteiger partial charge on any atom is 0.353 e. The van der Waals surface area contributed by atoms with Crippen LogP contribution >= 0.6 is 11.8 Å². The van der Waals surface area contributed by atoms with Crippen LogP contribution in [0.3, 0.4) is 0 Å². The molecule has 0 aromatic carbocycles. The largest absolute Gasteiger partial charge is 0.477 e. The zero-order valence-electron chi connectivity index (χ0n) is 14.4. The standard InChI is InChI=1S/C14H18N4O8S2/c15-11(12(21)22)14(28(24,25)26,18-8(19)1-2-9(18)20)4-3-7-10-6(5-27-7)16-13(23)17-10/h6-7,10,15H,1-5H2,(H,21,22)(H2,16,17,23)(H,24,25,26)/t6-,7-,10-,14?/m0/s1. The molecule has 14 heteroatoms. The molecule has 0 bridgehead atoms. The molecule has 5 N–H and O–H groups in total. The van der Waals surface area contributed by atoms with E-state index in [1.165, 1.54) is 11.8 Å². The maximum absolute atomic E-state index is 12.3. The van der Waals surface area contributed by atoms with Gasteiger partial charge < -0.3 is 15.7 Å². The first-order chi connectivity index (χ1) is 13.0. The van der Waals surface area contributed by atoms with Gasteiger partial charge in [0.15, 0.2) is 5.71 Å². The van der Waals surface area contributed by atoms with E-state index < -0.39 is 44.9 Å². The monoisotopic (exact) mass is 434 g/mol. The van der Waals surface area contributed by atoms with E-state index in [0.717, 1.165) is 0 Å². The number of nitrogens with zero attached hydrogens (tertiary/aromatic N) is 1. The van der Waals surface area contributed by atoms with Crippen LogP contribution in [0.5, 0.6) is 0 Å². The Morgan fingerprint density at radius 1 is 1.25 bits per heavy atom. The molecule has 0 spiro atoms. The summed E-state index contributed by atoms with van der Waals surface area (Å²) in [6.07, 6.45) is -1.43. The predicted molar refractivity (Wildman–Crippen MR) is 95.5 cm³/mol. The number of aliphatic carboxylic acids is 1. The average molecular weight is 434 g/mol. The third kappa shape index (κ3) is 3.14. The van der Waals surface area contributed by atoms with E-state index in [4.69, 9.17) is 5.41 Å². The van der Waals surface area contributed by atoms with Gasteiger partial charge in [-0.3, -0.25) is 24.5 Å². The second-order valence-corrected chi connectivity index (χ2v) is 9.62. The number of likely N-dealkylation sites (tertiary alicyclic amines) is 1. The number of rotatable bonds is 7. The minimum atomic E-state index is -5.38. The van der Waals surface area contributed by atoms with Crippen LogP contribution in [0.4, 0.5) is 4.79 Å². The number of fused-ring (bicyclic) bond motifs is 1. The van der Waals surface area contributed by atoms with Crippen molar-refractivity contribution in [1.82, 2.24) is 15.5 Å². The van der Waals surface area contributed by atoms with Gasteiger partial charge in [0.25, 0.3) is 10.1 Å². The Bertz CT molecular complexity index is 859. The molecule has 3 heterocycles. The highest BCUT2D eigenvalue weighted by molar-refractivity contribution is 8.00. The van der Waals surface area contributed by atoms with Crippen LogP contribution in [0.15, 0.2) is 0 Å². The molecule has 3 aliphatic heterocycles. The lowest BCUT2D eigenvalue weighted by Crippen LogP contribution is -2.63. The van der Waals surface area contributed by atoms with Crippen LogP contribution in [0, 0.1) is 5.41 Å². The summed E-state index contributed by atoms with van der Waals surface area (Å²) in [5.41, 5.74) is -1.48. The van der Waals surface area contributed by atoms with Gasteiger partial charge in [-0.25, -0.2) is 9.59 Å². The molecular formula is C14H18N4O8S2. The fourth-order valence-corrected chi connectivity index (χ4v) is 6.50. The molecule has 0 aromatic heterocycles. The van der Waals surface area contributed by atoms with E-state index in [0.29, 0.717) is 5.75 Å². The molecule has 4 amide bonds. The van der Waals surface area contributed by atoms with Crippen molar-refractivity contribution in [1.29, 1.82) is 5.41 Å². The summed E-state index contributed by atoms with van der Waals surface area (Å²) in [4.78, 5) is 44.5. The number of nitrogens with one attached hydrogen (secondary N) is 3. The highest BCUT2D eigenvalue weighted by Gasteiger charge is 2.60. The van der Waals surface area contributed by atoms with Crippen molar-refractivity contribution in [2.24, 2.45) is 0 Å². The fraction of sp³-hybridized carbons (Fsp3) is 0.643. The Morgan fingerprint density at radius 3 is 2.39 bits per heavy atom. The minimum absolute atomic E-state index is 0.0691. The van der Waals surface area contributed by atoms with Crippen molar-refractivity contribution in [3.05, 3.63) is 0 Å². The van der Waals surface area contributed by atoms with Gasteiger partial charge in [0, 0.05) is 23.8 Å². The first kappa shape index (κ1) is 20.5. The number of carboxylic acids is 1. The number of urea groups is 1. The van der Waals surface area contributed by atoms with Crippen LogP contribution in [0.1, 0.15) is 25.7 Å². The number of carboxylic acid groups (broad SMARTS) is 1. The van der Waals surface area contributed by atoms with Crippen molar-refractivity contribution in [3.8, 4) is 0 Å². The minimum Gasteiger partial charge on any atom is -0.477 e. The van der Waals surface area contributed by atoms with Gasteiger partial charge in [-0.05, 0) is 12.8 Å². The maximum atomic E-state index is 12.3. The summed E-state index contributed by atoms with van der Waals surface area (Å²) in [5.74, 6) is -3.38. The molecule has 28 heavy (non-hydrogen) atoms. The lowest BCUT2D eigenvalue weighted by atomic mass is 9.97. The molecule has 12 nitrogen and oxygen atoms in total. The molecule has 0 aliphatic carbocycles. The Morgan fingerprint density at radius 2 is 1.86 bits per heavy atom. The number of carbonyl (C=O) groups is 4. The summed E-state index contributed by atoms with van der Waals surface area (Å²) < 4.78 is 34.4. The van der Waals surface area contributed by atoms with Crippen LogP contribution in [-0.2, 0) is 24.5 Å². The van der Waals surface area contributed by atoms with Crippen molar-refractivity contribution >= 4 is 51.4 Å². The molecule has 0 radical (unpaired) electrons. The summed E-state index contributed by atoms with van der Waals surface area (Å²) in [7, 11) is -5.38. The fourth-order valence-electron chi connectivity index (χ4n) is 3.85. The van der Waals surface area contributed by atoms with Crippen LogP contribution in [0.2, 0.25) is 0 Å². The van der Waals surface area contributed by atoms with Crippen molar-refractivity contribution in [2.45, 2.75) is 47.9 Å². The number of amides is 4. The van der Waals surface area contributed by atoms with E-state index in [2.05, 4.69) is 10.6 Å². The van der Waals surface area contributed by atoms with Crippen LogP contribution in [0.25, 0.3) is 0 Å². The number of imide groups is 1. The quantitative estimate of drug-likeness (QED) is 0.141. The third-order valence-corrected chi connectivity index (χ3v) is 8.10. The van der Waals surface area contributed by atoms with E-state index >= 15 is 0 Å². The Labute approximate surface area is 163 Å². The summed E-state index contributed by atoms with van der Waals surface area (Å²) >= 11 is 1.39. The first-order valence-corrected chi connectivity index (χ1v) is 10.8. The molecular weight excluding hydrogens is 416 g/mol. The van der Waals surface area contributed by atoms with Crippen LogP contribution < -0.4 is 10.6 Å². The van der Waals surface area contributed by atoms with Gasteiger partial charge in [0.05, 0.1) is 12.1 Å². The van der Waals surface area contributed by atoms with Gasteiger partial charge in [-0.15, -0.1) is 0 Å². The molecule has 154 valence electrons. The van der Waals surface area contributed by atoms with Gasteiger partial charge in [0.1, 0.15) is 0 Å². The summed E-state index contributed by atoms with van der Waals surface area (Å²) in [5, 5.41) is 22.1. The number of carbonyl (C=O) groups excluding carboxylic acids is 3. The van der Waals surface area contributed by atoms with Gasteiger partial charge in [-0.1, -0.05) is 0 Å². The molecule has 0 saturated carbocycles. The second-order valence-electron chi connectivity index (χ2n) is 6.72. The first-order valence-electron chi connectivity index (χ1n) is 8.33. The van der Waals surface area contributed by atoms with Crippen molar-refractivity contribution < 1.29 is 37.3 Å². The van der Waals surface area contributed by atoms with E-state index in [1.807, 2.05) is 0 Å². The molecule has 3 saturated heterocycles. The van der Waals surface area contributed by atoms with Crippen molar-refractivity contribution in [3.63, 3.8) is 0 Å². The zero-order valence-corrected chi connectivity index (χ0v) is 16.0. The SMILES string of the molecule is N=C(C(=O)O)C(CC[C@@H]1SC[C@@H]2NC(=O)N[C@@H]21)(N1C(=O)CCC1=O)S(=O)(=O)O. The molecule has 4 atom stereocenters. The summed E-state index contributed by atoms with van der Waals surface area (Å²) in [6.45, 7) is 0. The Hall–Kier alpha value is -2.19. The Kier molecular flexibility index (Phi) is 5.14. The molecule has 0 aromatic rings. The molecule has 3 aliphatic rings. The molecule has 3 fully saturated rings. The van der Waals surface area contributed by atoms with Crippen LogP contribution in [-0.4, -0.2) is 80.5 Å². The smallest absolute Gasteiger partial charge is 0.353 e. The second kappa shape index (κ2) is 7.00. The average Bonchev–Trinajstić information content (AvgIpc) is 3.23. The molecule has 3 rings (SSSR count). The van der Waals surface area contributed by atoms with Crippen molar-refractivity contribution in [2.75, 3.05) is 5.75 Å². The zero-order chi connectivity index (χ0) is 20.9. The van der Waals surface area contributed by atoms with Gasteiger partial charge >= 0.3 is 12.0 Å². The molecule has 1 unspecified atom stereocenters.